The topological polar surface area (TPSA) is 104 Å². The van der Waals surface area contributed by atoms with Crippen LogP contribution in [-0.4, -0.2) is 76.6 Å². The summed E-state index contributed by atoms with van der Waals surface area (Å²) in [5, 5.41) is 10.5. The Morgan fingerprint density at radius 1 is 0.959 bits per heavy atom. The van der Waals surface area contributed by atoms with Crippen LogP contribution in [0.5, 0.6) is 0 Å². The van der Waals surface area contributed by atoms with Crippen molar-refractivity contribution in [3.05, 3.63) is 58.5 Å². The monoisotopic (exact) mass is 670 g/mol. The number of aromatic nitrogens is 3. The fourth-order valence-corrected chi connectivity index (χ4v) is 7.67. The molecule has 2 fully saturated rings. The zero-order valence-electron chi connectivity index (χ0n) is 30.8. The lowest BCUT2D eigenvalue weighted by Gasteiger charge is -2.41. The zero-order chi connectivity index (χ0) is 35.2. The largest absolute Gasteiger partial charge is 0.479 e. The Morgan fingerprint density at radius 3 is 2.31 bits per heavy atom. The van der Waals surface area contributed by atoms with E-state index in [1.807, 2.05) is 46.9 Å². The quantitative estimate of drug-likeness (QED) is 0.286. The molecule has 0 radical (unpaired) electrons. The number of aryl methyl sites for hydroxylation is 2. The van der Waals surface area contributed by atoms with Gasteiger partial charge in [0.2, 0.25) is 5.95 Å². The number of carboxylic acid groups (broad SMARTS) is 1. The minimum Gasteiger partial charge on any atom is -0.479 e. The van der Waals surface area contributed by atoms with Gasteiger partial charge in [0.25, 0.3) is 0 Å². The maximum atomic E-state index is 12.9. The first-order valence-electron chi connectivity index (χ1n) is 17.9. The highest BCUT2D eigenvalue weighted by atomic mass is 16.5. The molecule has 5 heterocycles. The summed E-state index contributed by atoms with van der Waals surface area (Å²) in [4.78, 5) is 34.4. The van der Waals surface area contributed by atoms with Crippen LogP contribution in [-0.2, 0) is 27.2 Å². The van der Waals surface area contributed by atoms with E-state index in [9.17, 15) is 9.90 Å². The Bertz CT molecular complexity index is 1680. The fourth-order valence-electron chi connectivity index (χ4n) is 7.67. The molecule has 10 nitrogen and oxygen atoms in total. The third kappa shape index (κ3) is 7.70. The summed E-state index contributed by atoms with van der Waals surface area (Å²) in [7, 11) is 0. The molecule has 3 aliphatic heterocycles. The lowest BCUT2D eigenvalue weighted by Crippen LogP contribution is -2.46. The van der Waals surface area contributed by atoms with Crippen LogP contribution in [0.3, 0.4) is 0 Å². The van der Waals surface area contributed by atoms with Crippen molar-refractivity contribution in [2.75, 3.05) is 47.4 Å². The van der Waals surface area contributed by atoms with Gasteiger partial charge in [-0.25, -0.2) is 9.78 Å². The summed E-state index contributed by atoms with van der Waals surface area (Å²) in [5.74, 6) is 0.690. The molecule has 0 aliphatic carbocycles. The lowest BCUT2D eigenvalue weighted by atomic mass is 9.81. The van der Waals surface area contributed by atoms with Gasteiger partial charge in [-0.15, -0.1) is 0 Å². The van der Waals surface area contributed by atoms with Crippen LogP contribution in [0.25, 0.3) is 11.1 Å². The van der Waals surface area contributed by atoms with Crippen LogP contribution in [0.15, 0.2) is 30.5 Å². The zero-order valence-corrected chi connectivity index (χ0v) is 30.8. The standard InChI is InChI=1S/C39H54N6O4/c1-24-21-45(22-25(2)48-24)37-40-16-12-31(42-37)44-17-13-28-20-29(10-11-30(28)23-44)32-26(3)41-27(4)33(35(36(46)47)49-38(5,6)7)34(32)43-18-14-39(8,9)15-19-43/h10-12,16,20,24-25,35H,13-15,17-19,21-23H2,1-9H3,(H,46,47)/t24-,25+,35-/m0/s1. The van der Waals surface area contributed by atoms with Crippen molar-refractivity contribution in [2.24, 2.45) is 5.41 Å². The van der Waals surface area contributed by atoms with Gasteiger partial charge in [0.1, 0.15) is 5.82 Å². The van der Waals surface area contributed by atoms with E-state index in [2.05, 4.69) is 65.6 Å². The predicted molar refractivity (Wildman–Crippen MR) is 195 cm³/mol. The molecular formula is C39H54N6O4. The second-order valence-electron chi connectivity index (χ2n) is 16.1. The minimum atomic E-state index is -1.13. The summed E-state index contributed by atoms with van der Waals surface area (Å²) in [6, 6.07) is 8.72. The number of rotatable bonds is 7. The fraction of sp³-hybridized carbons (Fsp3) is 0.590. The van der Waals surface area contributed by atoms with Gasteiger partial charge >= 0.3 is 5.97 Å². The SMILES string of the molecule is Cc1nc(C)c([C@H](OC(C)(C)C)C(=O)O)c(N2CCC(C)(C)CC2)c1-c1ccc2c(c1)CCN(c1ccnc(N3C[C@@H](C)O[C@@H](C)C3)n1)C2. The van der Waals surface area contributed by atoms with Gasteiger partial charge in [-0.3, -0.25) is 4.98 Å². The number of fused-ring (bicyclic) bond motifs is 1. The first kappa shape index (κ1) is 35.1. The summed E-state index contributed by atoms with van der Waals surface area (Å²) in [6.07, 6.45) is 3.93. The maximum Gasteiger partial charge on any atom is 0.337 e. The Kier molecular flexibility index (Phi) is 9.67. The normalized spacial score (nSPS) is 21.8. The van der Waals surface area contributed by atoms with E-state index < -0.39 is 17.7 Å². The number of pyridine rings is 1. The van der Waals surface area contributed by atoms with Crippen molar-refractivity contribution in [3.63, 3.8) is 0 Å². The summed E-state index contributed by atoms with van der Waals surface area (Å²) < 4.78 is 12.2. The molecule has 1 aromatic carbocycles. The van der Waals surface area contributed by atoms with E-state index in [1.54, 1.807) is 0 Å². The van der Waals surface area contributed by atoms with E-state index in [0.717, 1.165) is 92.8 Å². The van der Waals surface area contributed by atoms with Gasteiger partial charge in [0.05, 0.1) is 23.5 Å². The second kappa shape index (κ2) is 13.5. The van der Waals surface area contributed by atoms with Gasteiger partial charge < -0.3 is 29.3 Å². The van der Waals surface area contributed by atoms with E-state index in [1.165, 1.54) is 11.1 Å². The van der Waals surface area contributed by atoms with Gasteiger partial charge in [-0.05, 0) is 95.9 Å². The molecule has 1 N–H and O–H groups in total. The van der Waals surface area contributed by atoms with Gasteiger partial charge in [0.15, 0.2) is 6.10 Å². The number of carboxylic acids is 1. The number of hydrogen-bond acceptors (Lipinski definition) is 9. The molecule has 0 unspecified atom stereocenters. The first-order chi connectivity index (χ1) is 23.1. The van der Waals surface area contributed by atoms with Gasteiger partial charge in [-0.1, -0.05) is 32.0 Å². The molecular weight excluding hydrogens is 616 g/mol. The molecule has 3 atom stereocenters. The molecule has 264 valence electrons. The van der Waals surface area contributed by atoms with Crippen molar-refractivity contribution < 1.29 is 19.4 Å². The van der Waals surface area contributed by atoms with Crippen molar-refractivity contribution in [3.8, 4) is 11.1 Å². The maximum absolute atomic E-state index is 12.9. The molecule has 2 saturated heterocycles. The average molecular weight is 671 g/mol. The molecule has 0 saturated carbocycles. The second-order valence-corrected chi connectivity index (χ2v) is 16.1. The Hall–Kier alpha value is -3.76. The molecule has 0 amide bonds. The summed E-state index contributed by atoms with van der Waals surface area (Å²) in [6.45, 7) is 23.4. The third-order valence-electron chi connectivity index (χ3n) is 10.1. The molecule has 6 rings (SSSR count). The number of hydrogen-bond donors (Lipinski definition) is 1. The van der Waals surface area contributed by atoms with E-state index in [4.69, 9.17) is 19.4 Å². The van der Waals surface area contributed by atoms with E-state index >= 15 is 0 Å². The van der Waals surface area contributed by atoms with Crippen molar-refractivity contribution in [2.45, 2.75) is 112 Å². The third-order valence-corrected chi connectivity index (χ3v) is 10.1. The predicted octanol–water partition coefficient (Wildman–Crippen LogP) is 6.90. The smallest absolute Gasteiger partial charge is 0.337 e. The highest BCUT2D eigenvalue weighted by molar-refractivity contribution is 5.88. The molecule has 0 bridgehead atoms. The van der Waals surface area contributed by atoms with Crippen LogP contribution in [0, 0.1) is 19.3 Å². The van der Waals surface area contributed by atoms with E-state index in [0.29, 0.717) is 11.3 Å². The minimum absolute atomic E-state index is 0.138. The number of aliphatic carboxylic acids is 1. The van der Waals surface area contributed by atoms with Gasteiger partial charge in [-0.2, -0.15) is 4.98 Å². The van der Waals surface area contributed by atoms with Crippen molar-refractivity contribution >= 4 is 23.4 Å². The van der Waals surface area contributed by atoms with Crippen molar-refractivity contribution in [1.29, 1.82) is 0 Å². The lowest BCUT2D eigenvalue weighted by molar-refractivity contribution is -0.160. The van der Waals surface area contributed by atoms with Crippen LogP contribution in [0.2, 0.25) is 0 Å². The number of nitrogens with zero attached hydrogens (tertiary/aromatic N) is 6. The first-order valence-corrected chi connectivity index (χ1v) is 17.9. The molecule has 2 aromatic heterocycles. The molecule has 3 aliphatic rings. The molecule has 3 aromatic rings. The Labute approximate surface area is 291 Å². The number of carbonyl (C=O) groups is 1. The highest BCUT2D eigenvalue weighted by Crippen LogP contribution is 2.45. The van der Waals surface area contributed by atoms with Gasteiger partial charge in [0, 0.05) is 68.0 Å². The number of morpholine rings is 1. The highest BCUT2D eigenvalue weighted by Gasteiger charge is 2.37. The molecule has 0 spiro atoms. The van der Waals surface area contributed by atoms with Crippen molar-refractivity contribution in [1.82, 2.24) is 15.0 Å². The molecule has 49 heavy (non-hydrogen) atoms. The molecule has 10 heteroatoms. The Morgan fingerprint density at radius 2 is 1.65 bits per heavy atom. The van der Waals surface area contributed by atoms with E-state index in [-0.39, 0.29) is 17.6 Å². The Balaban J connectivity index is 1.36. The number of benzene rings is 1. The number of anilines is 3. The van der Waals surface area contributed by atoms with Crippen LogP contribution in [0.1, 0.15) is 95.5 Å². The summed E-state index contributed by atoms with van der Waals surface area (Å²) in [5.41, 5.74) is 7.45. The number of ether oxygens (including phenoxy) is 2. The van der Waals surface area contributed by atoms with Crippen LogP contribution in [0.4, 0.5) is 17.5 Å². The average Bonchev–Trinajstić information content (AvgIpc) is 3.02. The van der Waals surface area contributed by atoms with Crippen LogP contribution < -0.4 is 14.7 Å². The summed E-state index contributed by atoms with van der Waals surface area (Å²) >= 11 is 0. The number of piperidine rings is 1. The van der Waals surface area contributed by atoms with Crippen LogP contribution >= 0.6 is 0 Å².